The van der Waals surface area contributed by atoms with Gasteiger partial charge in [-0.2, -0.15) is 0 Å². The zero-order valence-corrected chi connectivity index (χ0v) is 15.7. The molecule has 0 aromatic heterocycles. The molecule has 2 aromatic rings. The largest absolute Gasteiger partial charge is 0.505 e. The minimum Gasteiger partial charge on any atom is -0.505 e. The van der Waals surface area contributed by atoms with E-state index in [-0.39, 0.29) is 11.9 Å². The van der Waals surface area contributed by atoms with Crippen molar-refractivity contribution in [2.45, 2.75) is 19.6 Å². The third kappa shape index (κ3) is 5.94. The second kappa shape index (κ2) is 9.27. The Morgan fingerprint density at radius 2 is 2.04 bits per heavy atom. The molecule has 0 aliphatic rings. The average molecular weight is 410 g/mol. The Morgan fingerprint density at radius 3 is 2.72 bits per heavy atom. The fraction of sp³-hybridized carbons (Fsp3) is 0.278. The monoisotopic (exact) mass is 409 g/mol. The highest BCUT2D eigenvalue weighted by atomic mass is 79.9. The minimum absolute atomic E-state index is 0.0802. The smallest absolute Gasteiger partial charge is 0.191 e. The quantitative estimate of drug-likeness (QED) is 0.505. The van der Waals surface area contributed by atoms with Crippen LogP contribution in [0.5, 0.6) is 11.5 Å². The molecule has 25 heavy (non-hydrogen) atoms. The molecule has 5 nitrogen and oxygen atoms in total. The van der Waals surface area contributed by atoms with Crippen molar-refractivity contribution in [1.82, 2.24) is 10.6 Å². The summed E-state index contributed by atoms with van der Waals surface area (Å²) in [6, 6.07) is 11.9. The molecule has 1 unspecified atom stereocenters. The van der Waals surface area contributed by atoms with Crippen molar-refractivity contribution in [3.63, 3.8) is 0 Å². The predicted molar refractivity (Wildman–Crippen MR) is 100 cm³/mol. The maximum atomic E-state index is 13.3. The van der Waals surface area contributed by atoms with E-state index in [0.717, 1.165) is 10.2 Å². The van der Waals surface area contributed by atoms with Crippen LogP contribution in [0.2, 0.25) is 0 Å². The van der Waals surface area contributed by atoms with E-state index in [1.165, 1.54) is 12.1 Å². The van der Waals surface area contributed by atoms with Crippen molar-refractivity contribution in [1.29, 1.82) is 0 Å². The van der Waals surface area contributed by atoms with E-state index < -0.39 is 5.82 Å². The number of hydrogen-bond acceptors (Lipinski definition) is 3. The summed E-state index contributed by atoms with van der Waals surface area (Å²) in [5, 5.41) is 15.5. The SMILES string of the molecule is CN=C(NCc1ccc(O)c(F)c1)NCC(C)Oc1ccccc1Br. The minimum atomic E-state index is -0.641. The van der Waals surface area contributed by atoms with Crippen LogP contribution in [0, 0.1) is 5.82 Å². The Labute approximate surface area is 155 Å². The number of benzene rings is 2. The van der Waals surface area contributed by atoms with Gasteiger partial charge in [0.15, 0.2) is 17.5 Å². The molecule has 0 saturated heterocycles. The van der Waals surface area contributed by atoms with Gasteiger partial charge in [0.1, 0.15) is 11.9 Å². The fourth-order valence-electron chi connectivity index (χ4n) is 2.11. The van der Waals surface area contributed by atoms with Gasteiger partial charge in [-0.25, -0.2) is 4.39 Å². The Balaban J connectivity index is 1.81. The van der Waals surface area contributed by atoms with Crippen LogP contribution < -0.4 is 15.4 Å². The molecular formula is C18H21BrFN3O2. The van der Waals surface area contributed by atoms with Crippen LogP contribution in [-0.2, 0) is 6.54 Å². The van der Waals surface area contributed by atoms with Crippen molar-refractivity contribution in [2.75, 3.05) is 13.6 Å². The van der Waals surface area contributed by atoms with Gasteiger partial charge in [0.05, 0.1) is 11.0 Å². The summed E-state index contributed by atoms with van der Waals surface area (Å²) in [5.74, 6) is 0.359. The number of aromatic hydroxyl groups is 1. The summed E-state index contributed by atoms with van der Waals surface area (Å²) < 4.78 is 20.1. The highest BCUT2D eigenvalue weighted by Gasteiger charge is 2.08. The van der Waals surface area contributed by atoms with Crippen LogP contribution >= 0.6 is 15.9 Å². The molecular weight excluding hydrogens is 389 g/mol. The molecule has 0 saturated carbocycles. The number of hydrogen-bond donors (Lipinski definition) is 3. The number of rotatable bonds is 6. The number of nitrogens with one attached hydrogen (secondary N) is 2. The summed E-state index contributed by atoms with van der Waals surface area (Å²) in [4.78, 5) is 4.13. The molecule has 0 spiro atoms. The van der Waals surface area contributed by atoms with Crippen LogP contribution in [0.3, 0.4) is 0 Å². The summed E-state index contributed by atoms with van der Waals surface area (Å²) in [5.41, 5.74) is 0.704. The van der Waals surface area contributed by atoms with E-state index in [4.69, 9.17) is 4.74 Å². The Morgan fingerprint density at radius 1 is 1.28 bits per heavy atom. The van der Waals surface area contributed by atoms with Crippen LogP contribution in [0.1, 0.15) is 12.5 Å². The molecule has 134 valence electrons. The van der Waals surface area contributed by atoms with Crippen molar-refractivity contribution in [3.8, 4) is 11.5 Å². The van der Waals surface area contributed by atoms with Gasteiger partial charge in [-0.1, -0.05) is 18.2 Å². The molecule has 0 amide bonds. The molecule has 0 radical (unpaired) electrons. The molecule has 0 bridgehead atoms. The van der Waals surface area contributed by atoms with Crippen LogP contribution in [0.15, 0.2) is 51.9 Å². The number of para-hydroxylation sites is 1. The highest BCUT2D eigenvalue weighted by molar-refractivity contribution is 9.10. The predicted octanol–water partition coefficient (Wildman–Crippen LogP) is 3.43. The number of phenolic OH excluding ortho intramolecular Hbond substituents is 1. The van der Waals surface area contributed by atoms with Crippen LogP contribution in [0.25, 0.3) is 0 Å². The molecule has 3 N–H and O–H groups in total. The van der Waals surface area contributed by atoms with Gasteiger partial charge >= 0.3 is 0 Å². The standard InChI is InChI=1S/C18H21BrFN3O2/c1-12(25-17-6-4-3-5-14(17)19)10-22-18(21-2)23-11-13-7-8-16(24)15(20)9-13/h3-9,12,24H,10-11H2,1-2H3,(H2,21,22,23). The zero-order valence-electron chi connectivity index (χ0n) is 14.1. The van der Waals surface area contributed by atoms with Crippen molar-refractivity contribution >= 4 is 21.9 Å². The molecule has 0 aliphatic heterocycles. The van der Waals surface area contributed by atoms with Gasteiger partial charge in [-0.3, -0.25) is 4.99 Å². The number of guanidine groups is 1. The lowest BCUT2D eigenvalue weighted by molar-refractivity contribution is 0.222. The number of phenols is 1. The number of halogens is 2. The number of ether oxygens (including phenoxy) is 1. The molecule has 0 aliphatic carbocycles. The normalized spacial score (nSPS) is 12.6. The third-order valence-corrected chi connectivity index (χ3v) is 4.07. The fourth-order valence-corrected chi connectivity index (χ4v) is 2.48. The van der Waals surface area contributed by atoms with Gasteiger partial charge in [-0.15, -0.1) is 0 Å². The second-order valence-corrected chi connectivity index (χ2v) is 6.31. The first-order valence-corrected chi connectivity index (χ1v) is 8.62. The first-order valence-electron chi connectivity index (χ1n) is 7.82. The first-order chi connectivity index (χ1) is 12.0. The van der Waals surface area contributed by atoms with Crippen molar-refractivity contribution in [3.05, 3.63) is 58.3 Å². The van der Waals surface area contributed by atoms with Crippen molar-refractivity contribution in [2.24, 2.45) is 4.99 Å². The van der Waals surface area contributed by atoms with Crippen LogP contribution in [0.4, 0.5) is 4.39 Å². The third-order valence-electron chi connectivity index (χ3n) is 3.42. The lowest BCUT2D eigenvalue weighted by atomic mass is 10.2. The van der Waals surface area contributed by atoms with E-state index in [1.807, 2.05) is 31.2 Å². The van der Waals surface area contributed by atoms with E-state index in [2.05, 4.69) is 31.6 Å². The van der Waals surface area contributed by atoms with Gasteiger partial charge in [-0.05, 0) is 52.7 Å². The van der Waals surface area contributed by atoms with E-state index in [1.54, 1.807) is 13.1 Å². The lowest BCUT2D eigenvalue weighted by Gasteiger charge is -2.18. The Kier molecular flexibility index (Phi) is 7.06. The molecule has 2 rings (SSSR count). The van der Waals surface area contributed by atoms with Gasteiger partial charge in [0.2, 0.25) is 0 Å². The van der Waals surface area contributed by atoms with Crippen molar-refractivity contribution < 1.29 is 14.2 Å². The second-order valence-electron chi connectivity index (χ2n) is 5.45. The number of nitrogens with zero attached hydrogens (tertiary/aromatic N) is 1. The van der Waals surface area contributed by atoms with Gasteiger partial charge in [0.25, 0.3) is 0 Å². The lowest BCUT2D eigenvalue weighted by Crippen LogP contribution is -2.41. The first kappa shape index (κ1) is 19.1. The average Bonchev–Trinajstić information content (AvgIpc) is 2.60. The maximum Gasteiger partial charge on any atom is 0.191 e. The van der Waals surface area contributed by atoms with Gasteiger partial charge < -0.3 is 20.5 Å². The zero-order chi connectivity index (χ0) is 18.2. The molecule has 0 heterocycles. The number of aliphatic imine (C=N–C) groups is 1. The summed E-state index contributed by atoms with van der Waals surface area (Å²) in [6.45, 7) is 2.89. The summed E-state index contributed by atoms with van der Waals surface area (Å²) >= 11 is 3.45. The molecule has 7 heteroatoms. The summed E-state index contributed by atoms with van der Waals surface area (Å²) in [7, 11) is 1.66. The Hall–Kier alpha value is -2.28. The highest BCUT2D eigenvalue weighted by Crippen LogP contribution is 2.24. The van der Waals surface area contributed by atoms with E-state index >= 15 is 0 Å². The maximum absolute atomic E-state index is 13.3. The van der Waals surface area contributed by atoms with E-state index in [0.29, 0.717) is 24.6 Å². The van der Waals surface area contributed by atoms with Gasteiger partial charge in [0, 0.05) is 13.6 Å². The molecule has 0 fully saturated rings. The summed E-state index contributed by atoms with van der Waals surface area (Å²) in [6.07, 6.45) is -0.0802. The van der Waals surface area contributed by atoms with E-state index in [9.17, 15) is 9.50 Å². The topological polar surface area (TPSA) is 65.9 Å². The molecule has 1 atom stereocenters. The van der Waals surface area contributed by atoms with Crippen LogP contribution in [-0.4, -0.2) is 30.8 Å². The molecule has 2 aromatic carbocycles. The Bertz CT molecular complexity index is 740.